The first-order chi connectivity index (χ1) is 5.18. The molecule has 0 atom stereocenters. The third-order valence-electron chi connectivity index (χ3n) is 1.87. The quantitative estimate of drug-likeness (QED) is 0.513. The Morgan fingerprint density at radius 2 is 1.09 bits per heavy atom. The van der Waals surface area contributed by atoms with E-state index in [2.05, 4.69) is 5.71 Å². The molecule has 0 aliphatic carbocycles. The van der Waals surface area contributed by atoms with Gasteiger partial charge in [0.25, 0.3) is 0 Å². The van der Waals surface area contributed by atoms with Gasteiger partial charge in [0.1, 0.15) is 0 Å². The fraction of sp³-hybridized carbons (Fsp3) is 1.00. The van der Waals surface area contributed by atoms with Crippen LogP contribution in [0, 0.1) is 0 Å². The minimum atomic E-state index is -1.48. The van der Waals surface area contributed by atoms with Crippen LogP contribution in [0.3, 0.4) is 0 Å². The standard InChI is InChI=1S/C7H15AsCl3/c1-8(2-5-9,3-6-10)4-7-11/h2-7H2,1H3. The molecule has 4 heteroatoms. The molecule has 0 saturated heterocycles. The van der Waals surface area contributed by atoms with Gasteiger partial charge >= 0.3 is 87.3 Å². The van der Waals surface area contributed by atoms with Crippen molar-refractivity contribution in [3.05, 3.63) is 0 Å². The zero-order chi connectivity index (χ0) is 8.74. The van der Waals surface area contributed by atoms with E-state index in [0.29, 0.717) is 0 Å². The first-order valence-corrected chi connectivity index (χ1v) is 11.2. The molecule has 0 unspecified atom stereocenters. The monoisotopic (exact) mass is 279 g/mol. The Bertz CT molecular complexity index is 80.7. The van der Waals surface area contributed by atoms with Crippen LogP contribution in [0.1, 0.15) is 0 Å². The van der Waals surface area contributed by atoms with Crippen molar-refractivity contribution in [1.82, 2.24) is 0 Å². The third kappa shape index (κ3) is 5.63. The molecule has 0 aromatic heterocycles. The van der Waals surface area contributed by atoms with E-state index >= 15 is 0 Å². The molecule has 0 aromatic rings. The van der Waals surface area contributed by atoms with Crippen molar-refractivity contribution in [3.63, 3.8) is 0 Å². The second-order valence-electron chi connectivity index (χ2n) is 2.86. The Morgan fingerprint density at radius 3 is 1.27 bits per heavy atom. The summed E-state index contributed by atoms with van der Waals surface area (Å²) in [4.78, 5) is 0. The molecule has 0 aliphatic rings. The maximum atomic E-state index is 5.71. The molecule has 0 bridgehead atoms. The third-order valence-corrected chi connectivity index (χ3v) is 12.4. The van der Waals surface area contributed by atoms with E-state index in [1.807, 2.05) is 0 Å². The van der Waals surface area contributed by atoms with Gasteiger partial charge in [0.05, 0.1) is 0 Å². The fourth-order valence-electron chi connectivity index (χ4n) is 0.948. The van der Waals surface area contributed by atoms with Gasteiger partial charge in [-0.25, -0.2) is 0 Å². The van der Waals surface area contributed by atoms with Crippen molar-refractivity contribution >= 4 is 48.4 Å². The van der Waals surface area contributed by atoms with Crippen molar-refractivity contribution in [1.29, 1.82) is 0 Å². The molecule has 69 valence electrons. The van der Waals surface area contributed by atoms with Gasteiger partial charge < -0.3 is 0 Å². The van der Waals surface area contributed by atoms with Crippen LogP contribution in [-0.4, -0.2) is 31.2 Å². The van der Waals surface area contributed by atoms with Crippen LogP contribution in [0.4, 0.5) is 0 Å². The summed E-state index contributed by atoms with van der Waals surface area (Å²) in [6, 6.07) is 0. The fourth-order valence-corrected chi connectivity index (χ4v) is 11.3. The second-order valence-corrected chi connectivity index (χ2v) is 13.6. The molecule has 0 spiro atoms. The number of alkyl halides is 3. The molecule has 0 nitrogen and oxygen atoms in total. The topological polar surface area (TPSA) is 0 Å². The molecule has 0 N–H and O–H groups in total. The Balaban J connectivity index is 3.79. The van der Waals surface area contributed by atoms with Crippen molar-refractivity contribution in [3.8, 4) is 0 Å². The Labute approximate surface area is 87.0 Å². The summed E-state index contributed by atoms with van der Waals surface area (Å²) in [5, 5.41) is 3.54. The number of halogens is 3. The van der Waals surface area contributed by atoms with Gasteiger partial charge in [0.15, 0.2) is 0 Å². The first-order valence-electron chi connectivity index (χ1n) is 3.70. The van der Waals surface area contributed by atoms with E-state index < -0.39 is 13.6 Å². The number of hydrogen-bond acceptors (Lipinski definition) is 0. The van der Waals surface area contributed by atoms with E-state index in [9.17, 15) is 0 Å². The molecular formula is C7H15AsCl3. The Morgan fingerprint density at radius 1 is 0.818 bits per heavy atom. The van der Waals surface area contributed by atoms with E-state index in [-0.39, 0.29) is 0 Å². The summed E-state index contributed by atoms with van der Waals surface area (Å²) in [5.74, 6) is 2.33. The molecular weight excluding hydrogens is 265 g/mol. The van der Waals surface area contributed by atoms with E-state index in [1.165, 1.54) is 15.6 Å². The van der Waals surface area contributed by atoms with Crippen molar-refractivity contribution in [2.45, 2.75) is 21.3 Å². The average Bonchev–Trinajstić information content (AvgIpc) is 1.88. The molecule has 0 rings (SSSR count). The molecule has 0 aromatic carbocycles. The summed E-state index contributed by atoms with van der Waals surface area (Å²) >= 11 is 15.7. The number of hydrogen-bond donors (Lipinski definition) is 0. The predicted octanol–water partition coefficient (Wildman–Crippen LogP) is 3.78. The van der Waals surface area contributed by atoms with Crippen molar-refractivity contribution in [2.24, 2.45) is 0 Å². The van der Waals surface area contributed by atoms with Crippen LogP contribution in [-0.2, 0) is 0 Å². The maximum absolute atomic E-state index is 5.71. The molecule has 0 amide bonds. The molecule has 0 fully saturated rings. The summed E-state index contributed by atoms with van der Waals surface area (Å²) < 4.78 is 0. The van der Waals surface area contributed by atoms with Crippen molar-refractivity contribution < 1.29 is 0 Å². The summed E-state index contributed by atoms with van der Waals surface area (Å²) in [6.45, 7) is 0. The van der Waals surface area contributed by atoms with Gasteiger partial charge in [-0.05, 0) is 0 Å². The van der Waals surface area contributed by atoms with E-state index in [0.717, 1.165) is 17.6 Å². The predicted molar refractivity (Wildman–Crippen MR) is 58.2 cm³/mol. The van der Waals surface area contributed by atoms with Crippen LogP contribution in [0.25, 0.3) is 0 Å². The van der Waals surface area contributed by atoms with E-state index in [1.54, 1.807) is 0 Å². The van der Waals surface area contributed by atoms with Gasteiger partial charge in [-0.3, -0.25) is 0 Å². The van der Waals surface area contributed by atoms with Crippen LogP contribution in [0.5, 0.6) is 0 Å². The zero-order valence-electron chi connectivity index (χ0n) is 6.82. The summed E-state index contributed by atoms with van der Waals surface area (Å²) in [7, 11) is 0. The van der Waals surface area contributed by atoms with Crippen LogP contribution in [0.15, 0.2) is 0 Å². The molecule has 1 radical (unpaired) electrons. The second kappa shape index (κ2) is 6.89. The van der Waals surface area contributed by atoms with Crippen LogP contribution < -0.4 is 0 Å². The molecule has 0 heterocycles. The summed E-state index contributed by atoms with van der Waals surface area (Å²) in [5.41, 5.74) is 2.37. The number of rotatable bonds is 6. The summed E-state index contributed by atoms with van der Waals surface area (Å²) in [6.07, 6.45) is 0. The minimum absolute atomic E-state index is 0.775. The van der Waals surface area contributed by atoms with E-state index in [4.69, 9.17) is 34.8 Å². The molecule has 11 heavy (non-hydrogen) atoms. The van der Waals surface area contributed by atoms with Gasteiger partial charge in [0.2, 0.25) is 0 Å². The Kier molecular flexibility index (Phi) is 7.79. The van der Waals surface area contributed by atoms with Gasteiger partial charge in [-0.2, -0.15) is 0 Å². The van der Waals surface area contributed by atoms with Crippen molar-refractivity contribution in [2.75, 3.05) is 17.6 Å². The van der Waals surface area contributed by atoms with Gasteiger partial charge in [0, 0.05) is 0 Å². The van der Waals surface area contributed by atoms with Crippen LogP contribution >= 0.6 is 34.8 Å². The molecule has 0 saturated carbocycles. The molecule has 0 aliphatic heterocycles. The van der Waals surface area contributed by atoms with Crippen LogP contribution in [0.2, 0.25) is 21.3 Å². The Hall–Kier alpha value is 1.43. The average molecular weight is 280 g/mol. The first kappa shape index (κ1) is 12.4. The van der Waals surface area contributed by atoms with Gasteiger partial charge in [-0.15, -0.1) is 0 Å². The zero-order valence-corrected chi connectivity index (χ0v) is 11.0. The SMILES string of the molecule is C[As](CCCl)(CCCl)CCCl. The normalized spacial score (nSPS) is 12.0. The van der Waals surface area contributed by atoms with Gasteiger partial charge in [-0.1, -0.05) is 0 Å².